The molecule has 0 unspecified atom stereocenters. The quantitative estimate of drug-likeness (QED) is 0.696. The van der Waals surface area contributed by atoms with Crippen molar-refractivity contribution in [1.82, 2.24) is 9.88 Å². The van der Waals surface area contributed by atoms with E-state index in [2.05, 4.69) is 27.3 Å². The molecule has 29 heavy (non-hydrogen) atoms. The molecule has 1 amide bonds. The highest BCUT2D eigenvalue weighted by atomic mass is 32.1. The Kier molecular flexibility index (Phi) is 4.96. The Morgan fingerprint density at radius 3 is 2.79 bits per heavy atom. The fraction of sp³-hybridized carbons (Fsp3) is 0.381. The fourth-order valence-corrected chi connectivity index (χ4v) is 6.35. The van der Waals surface area contributed by atoms with Crippen LogP contribution in [0.1, 0.15) is 22.4 Å². The van der Waals surface area contributed by atoms with Crippen molar-refractivity contribution in [3.05, 3.63) is 40.3 Å². The van der Waals surface area contributed by atoms with E-state index >= 15 is 0 Å². The van der Waals surface area contributed by atoms with Gasteiger partial charge in [0.2, 0.25) is 5.91 Å². The number of hydrogen-bond donors (Lipinski definition) is 1. The van der Waals surface area contributed by atoms with Crippen molar-refractivity contribution in [2.75, 3.05) is 42.9 Å². The molecule has 1 aliphatic heterocycles. The number of nitrogens with one attached hydrogen (secondary N) is 1. The second-order valence-electron chi connectivity index (χ2n) is 7.45. The maximum atomic E-state index is 12.6. The number of thiophene rings is 1. The van der Waals surface area contributed by atoms with E-state index in [1.807, 2.05) is 18.2 Å². The summed E-state index contributed by atoms with van der Waals surface area (Å²) < 4.78 is 1.21. The first-order chi connectivity index (χ1) is 14.2. The van der Waals surface area contributed by atoms with Crippen LogP contribution in [0.5, 0.6) is 0 Å². The van der Waals surface area contributed by atoms with Crippen LogP contribution in [0.15, 0.2) is 24.3 Å². The number of carbonyl (C=O) groups excluding carboxylic acids is 1. The topological polar surface area (TPSA) is 72.3 Å². The number of anilines is 2. The van der Waals surface area contributed by atoms with Gasteiger partial charge in [-0.05, 0) is 37.0 Å². The number of amides is 1. The standard InChI is InChI=1S/C21H21N5OS2/c22-12-15-14-4-3-7-17(14)28-20(15)24-19(27)13-25-8-10-26(11-9-25)21-23-16-5-1-2-6-18(16)29-21/h1-2,5-6H,3-4,7-11,13H2,(H,24,27). The zero-order chi connectivity index (χ0) is 19.8. The summed E-state index contributed by atoms with van der Waals surface area (Å²) in [6, 6.07) is 10.5. The molecule has 1 saturated heterocycles. The van der Waals surface area contributed by atoms with Crippen molar-refractivity contribution in [2.45, 2.75) is 19.3 Å². The Labute approximate surface area is 177 Å². The molecule has 3 aromatic rings. The summed E-state index contributed by atoms with van der Waals surface area (Å²) in [5.41, 5.74) is 2.87. The van der Waals surface area contributed by atoms with Crippen molar-refractivity contribution in [3.63, 3.8) is 0 Å². The van der Waals surface area contributed by atoms with Crippen LogP contribution in [0.3, 0.4) is 0 Å². The predicted octanol–water partition coefficient (Wildman–Crippen LogP) is 3.48. The van der Waals surface area contributed by atoms with Crippen LogP contribution in [0.25, 0.3) is 10.2 Å². The minimum Gasteiger partial charge on any atom is -0.345 e. The van der Waals surface area contributed by atoms with E-state index in [1.165, 1.54) is 9.58 Å². The van der Waals surface area contributed by atoms with Crippen LogP contribution in [0.4, 0.5) is 10.1 Å². The Morgan fingerprint density at radius 2 is 2.00 bits per heavy atom. The van der Waals surface area contributed by atoms with Crippen LogP contribution in [-0.4, -0.2) is 48.5 Å². The third kappa shape index (κ3) is 3.62. The molecule has 2 aromatic heterocycles. The second kappa shape index (κ2) is 7.75. The van der Waals surface area contributed by atoms with Crippen LogP contribution >= 0.6 is 22.7 Å². The smallest absolute Gasteiger partial charge is 0.239 e. The third-order valence-corrected chi connectivity index (χ3v) is 7.88. The molecule has 1 N–H and O–H groups in total. The van der Waals surface area contributed by atoms with Gasteiger partial charge in [0, 0.05) is 31.1 Å². The summed E-state index contributed by atoms with van der Waals surface area (Å²) in [5.74, 6) is -0.0325. The summed E-state index contributed by atoms with van der Waals surface area (Å²) in [4.78, 5) is 23.0. The predicted molar refractivity (Wildman–Crippen MR) is 118 cm³/mol. The van der Waals surface area contributed by atoms with Gasteiger partial charge in [0.25, 0.3) is 0 Å². The number of fused-ring (bicyclic) bond motifs is 2. The van der Waals surface area contributed by atoms with Gasteiger partial charge in [0.1, 0.15) is 11.1 Å². The summed E-state index contributed by atoms with van der Waals surface area (Å²) >= 11 is 3.30. The van der Waals surface area contributed by atoms with Crippen LogP contribution < -0.4 is 10.2 Å². The Hall–Kier alpha value is -2.47. The minimum atomic E-state index is -0.0325. The molecule has 6 nitrogen and oxygen atoms in total. The fourth-order valence-electron chi connectivity index (χ4n) is 4.07. The molecule has 148 valence electrons. The molecule has 3 heterocycles. The number of nitrogens with zero attached hydrogens (tertiary/aromatic N) is 4. The van der Waals surface area contributed by atoms with Gasteiger partial charge in [-0.3, -0.25) is 9.69 Å². The molecule has 0 saturated carbocycles. The lowest BCUT2D eigenvalue weighted by Gasteiger charge is -2.34. The van der Waals surface area contributed by atoms with E-state index < -0.39 is 0 Å². The zero-order valence-electron chi connectivity index (χ0n) is 16.0. The number of benzene rings is 1. The summed E-state index contributed by atoms with van der Waals surface area (Å²) in [7, 11) is 0. The molecule has 2 aliphatic rings. The van der Waals surface area contributed by atoms with E-state index in [0.29, 0.717) is 12.1 Å². The van der Waals surface area contributed by atoms with E-state index in [9.17, 15) is 10.1 Å². The van der Waals surface area contributed by atoms with Gasteiger partial charge in [-0.1, -0.05) is 23.5 Å². The molecule has 1 aromatic carbocycles. The Balaban J connectivity index is 1.18. The highest BCUT2D eigenvalue weighted by molar-refractivity contribution is 7.22. The highest BCUT2D eigenvalue weighted by Gasteiger charge is 2.25. The number of rotatable bonds is 4. The monoisotopic (exact) mass is 423 g/mol. The minimum absolute atomic E-state index is 0.0325. The average molecular weight is 424 g/mol. The number of nitriles is 1. The maximum absolute atomic E-state index is 12.6. The number of para-hydroxylation sites is 1. The molecule has 0 spiro atoms. The van der Waals surface area contributed by atoms with Gasteiger partial charge >= 0.3 is 0 Å². The largest absolute Gasteiger partial charge is 0.345 e. The number of piperazine rings is 1. The molecule has 5 rings (SSSR count). The summed E-state index contributed by atoms with van der Waals surface area (Å²) in [6.07, 6.45) is 3.10. The SMILES string of the molecule is N#Cc1c(NC(=O)CN2CCN(c3nc4ccccc4s3)CC2)sc2c1CCC2. The summed E-state index contributed by atoms with van der Waals surface area (Å²) in [6.45, 7) is 3.75. The van der Waals surface area contributed by atoms with Crippen molar-refractivity contribution in [2.24, 2.45) is 0 Å². The first-order valence-electron chi connectivity index (χ1n) is 9.88. The number of aryl methyl sites for hydroxylation is 1. The second-order valence-corrected chi connectivity index (χ2v) is 9.56. The van der Waals surface area contributed by atoms with E-state index in [1.54, 1.807) is 22.7 Å². The molecule has 1 aliphatic carbocycles. The van der Waals surface area contributed by atoms with Crippen LogP contribution in [0.2, 0.25) is 0 Å². The lowest BCUT2D eigenvalue weighted by molar-refractivity contribution is -0.117. The first-order valence-corrected chi connectivity index (χ1v) is 11.5. The van der Waals surface area contributed by atoms with E-state index in [4.69, 9.17) is 4.98 Å². The number of hydrogen-bond acceptors (Lipinski definition) is 7. The highest BCUT2D eigenvalue weighted by Crippen LogP contribution is 2.38. The van der Waals surface area contributed by atoms with Gasteiger partial charge in [0.15, 0.2) is 5.13 Å². The van der Waals surface area contributed by atoms with E-state index in [-0.39, 0.29) is 5.91 Å². The molecule has 0 radical (unpaired) electrons. The van der Waals surface area contributed by atoms with Crippen LogP contribution in [-0.2, 0) is 17.6 Å². The van der Waals surface area contributed by atoms with Crippen molar-refractivity contribution < 1.29 is 4.79 Å². The Bertz CT molecular complexity index is 1070. The number of thiazole rings is 1. The molecular weight excluding hydrogens is 402 g/mol. The molecule has 1 fully saturated rings. The van der Waals surface area contributed by atoms with Gasteiger partial charge in [0.05, 0.1) is 22.3 Å². The zero-order valence-corrected chi connectivity index (χ0v) is 17.6. The molecule has 0 atom stereocenters. The molecule has 8 heteroatoms. The maximum Gasteiger partial charge on any atom is 0.239 e. The third-order valence-electron chi connectivity index (χ3n) is 5.58. The van der Waals surface area contributed by atoms with Gasteiger partial charge in [-0.25, -0.2) is 4.98 Å². The Morgan fingerprint density at radius 1 is 1.17 bits per heavy atom. The lowest BCUT2D eigenvalue weighted by atomic mass is 10.1. The van der Waals surface area contributed by atoms with Gasteiger partial charge < -0.3 is 10.2 Å². The first kappa shape index (κ1) is 18.6. The van der Waals surface area contributed by atoms with Crippen molar-refractivity contribution >= 4 is 48.9 Å². The van der Waals surface area contributed by atoms with Crippen LogP contribution in [0, 0.1) is 11.3 Å². The normalized spacial score (nSPS) is 16.7. The number of aromatic nitrogens is 1. The van der Waals surface area contributed by atoms with Crippen molar-refractivity contribution in [3.8, 4) is 6.07 Å². The van der Waals surface area contributed by atoms with Crippen molar-refractivity contribution in [1.29, 1.82) is 5.26 Å². The number of carbonyl (C=O) groups is 1. The van der Waals surface area contributed by atoms with Gasteiger partial charge in [-0.15, -0.1) is 11.3 Å². The molecular formula is C21H21N5OS2. The lowest BCUT2D eigenvalue weighted by Crippen LogP contribution is -2.48. The average Bonchev–Trinajstić information content (AvgIpc) is 3.42. The van der Waals surface area contributed by atoms with Gasteiger partial charge in [-0.2, -0.15) is 5.26 Å². The summed E-state index contributed by atoms with van der Waals surface area (Å²) in [5, 5.41) is 14.3. The van der Waals surface area contributed by atoms with E-state index in [0.717, 1.165) is 66.7 Å². The molecule has 0 bridgehead atoms.